The highest BCUT2D eigenvalue weighted by molar-refractivity contribution is 6.21. The molecular weight excluding hydrogens is 1450 g/mol. The second-order valence-corrected chi connectivity index (χ2v) is 34.0. The van der Waals surface area contributed by atoms with Crippen molar-refractivity contribution in [3.63, 3.8) is 0 Å². The maximum atomic E-state index is 4.74. The number of aromatic nitrogens is 5. The molecule has 9 heterocycles. The van der Waals surface area contributed by atoms with Gasteiger partial charge in [-0.1, -0.05) is 192 Å². The van der Waals surface area contributed by atoms with Crippen LogP contribution in [0.3, 0.4) is 0 Å². The minimum absolute atomic E-state index is 0.344. The van der Waals surface area contributed by atoms with Gasteiger partial charge in [0.25, 0.3) is 0 Å². The lowest BCUT2D eigenvalue weighted by atomic mass is 9.66. The van der Waals surface area contributed by atoms with Gasteiger partial charge in [0, 0.05) is 101 Å². The van der Waals surface area contributed by atoms with E-state index in [2.05, 4.69) is 419 Å². The molecule has 1 aliphatic carbocycles. The first-order chi connectivity index (χ1) is 58.4. The van der Waals surface area contributed by atoms with Gasteiger partial charge in [0.2, 0.25) is 0 Å². The van der Waals surface area contributed by atoms with Crippen molar-refractivity contribution in [3.8, 4) is 28.2 Å². The molecule has 0 saturated carbocycles. The van der Waals surface area contributed by atoms with Crippen LogP contribution in [0.4, 0.5) is 85.3 Å². The van der Waals surface area contributed by atoms with Gasteiger partial charge in [-0.2, -0.15) is 0 Å². The zero-order valence-electron chi connectivity index (χ0n) is 66.4. The van der Waals surface area contributed by atoms with Crippen LogP contribution in [0.1, 0.15) is 73.6 Å². The van der Waals surface area contributed by atoms with Crippen LogP contribution in [-0.4, -0.2) is 23.7 Å². The van der Waals surface area contributed by atoms with Gasteiger partial charge in [-0.25, -0.2) is 0 Å². The summed E-state index contributed by atoms with van der Waals surface area (Å²) in [5, 5.41) is 7.14. The number of hydrogen-bond acceptors (Lipinski definition) is 7. The molecule has 0 amide bonds. The van der Waals surface area contributed by atoms with Crippen LogP contribution >= 0.6 is 0 Å². The third-order valence-corrected chi connectivity index (χ3v) is 26.9. The van der Waals surface area contributed by atoms with Crippen LogP contribution in [0, 0.1) is 0 Å². The molecule has 0 saturated heterocycles. The number of benzene rings is 15. The van der Waals surface area contributed by atoms with Crippen molar-refractivity contribution >= 4 is 151 Å². The Balaban J connectivity index is 0.647. The van der Waals surface area contributed by atoms with Crippen molar-refractivity contribution in [1.29, 1.82) is 0 Å². The Morgan fingerprint density at radius 3 is 1.13 bits per heavy atom. The predicted molar refractivity (Wildman–Crippen MR) is 492 cm³/mol. The van der Waals surface area contributed by atoms with Gasteiger partial charge < -0.3 is 38.2 Å². The molecule has 1 atom stereocenters. The van der Waals surface area contributed by atoms with Crippen LogP contribution < -0.4 is 24.5 Å². The average Bonchev–Trinajstić information content (AvgIpc) is 1.63. The van der Waals surface area contributed by atoms with Gasteiger partial charge >= 0.3 is 0 Å². The number of anilines is 15. The summed E-state index contributed by atoms with van der Waals surface area (Å²) in [4.78, 5) is 21.8. The number of pyridine rings is 2. The van der Waals surface area contributed by atoms with Crippen LogP contribution in [0.5, 0.6) is 0 Å². The van der Waals surface area contributed by atoms with Crippen molar-refractivity contribution in [1.82, 2.24) is 23.7 Å². The molecule has 20 aromatic rings. The lowest BCUT2D eigenvalue weighted by Crippen LogP contribution is -2.38. The molecule has 119 heavy (non-hydrogen) atoms. The quantitative estimate of drug-likeness (QED) is 0.143. The van der Waals surface area contributed by atoms with E-state index >= 15 is 0 Å². The number of para-hydroxylation sites is 11. The van der Waals surface area contributed by atoms with E-state index < -0.39 is 5.41 Å². The fourth-order valence-corrected chi connectivity index (χ4v) is 21.6. The molecule has 564 valence electrons. The van der Waals surface area contributed by atoms with Crippen molar-refractivity contribution in [2.75, 3.05) is 24.5 Å². The Kier molecular flexibility index (Phi) is 14.0. The molecular formula is C109H78N10. The Hall–Kier alpha value is -15.0. The standard InChI is InChI=1S/C109H78N10/c1-107(2)85-52-54-110-66-104(85)119-105-67-111-55-53-86(105)108(3,4)89-60-75(59-88(107)106(89)119)118-90-39-21-19-37-77(90)81-61-87-78(62-100(81)118)76-36-18-20-38-84(76)109(87,5)65-68-46-49-99-103(56-68)115(72-34-16-9-17-35-72)95-42-24-27-45-98(95)117(99)74-48-51-92-80(58-74)83-64-101-82(63-102(83)113(92)70-30-12-7-13-31-70)79-57-73(47-50-91(79)112(101)69-28-10-6-11-29-69)116-96-43-25-22-40-93(96)114(71-32-14-8-15-33-71)94-41-23-26-44-97(94)116/h6-64,66-67H,65H2,1-5H3. The lowest BCUT2D eigenvalue weighted by Gasteiger charge is -2.49. The molecule has 10 heteroatoms. The highest BCUT2D eigenvalue weighted by atomic mass is 15.3. The molecule has 0 bridgehead atoms. The Morgan fingerprint density at radius 2 is 0.622 bits per heavy atom. The summed E-state index contributed by atoms with van der Waals surface area (Å²) in [5.41, 5.74) is 37.4. The number of rotatable bonds is 9. The highest BCUT2D eigenvalue weighted by Crippen LogP contribution is 2.63. The molecule has 10 nitrogen and oxygen atoms in total. The summed E-state index contributed by atoms with van der Waals surface area (Å²) >= 11 is 0. The second-order valence-electron chi connectivity index (χ2n) is 34.0. The van der Waals surface area contributed by atoms with Gasteiger partial charge in [0.15, 0.2) is 0 Å². The fourth-order valence-electron chi connectivity index (χ4n) is 21.6. The van der Waals surface area contributed by atoms with E-state index in [1.165, 1.54) is 93.7 Å². The fraction of sp³-hybridized carbons (Fsp3) is 0.0826. The van der Waals surface area contributed by atoms with Crippen LogP contribution in [-0.2, 0) is 22.7 Å². The van der Waals surface area contributed by atoms with E-state index in [0.29, 0.717) is 0 Å². The van der Waals surface area contributed by atoms with Crippen molar-refractivity contribution in [3.05, 3.63) is 410 Å². The molecule has 4 aliphatic heterocycles. The highest BCUT2D eigenvalue weighted by Gasteiger charge is 2.48. The van der Waals surface area contributed by atoms with Crippen molar-refractivity contribution in [2.45, 2.75) is 57.3 Å². The smallest absolute Gasteiger partial charge is 0.0706 e. The van der Waals surface area contributed by atoms with Gasteiger partial charge in [0.1, 0.15) is 0 Å². The normalized spacial score (nSPS) is 15.6. The monoisotopic (exact) mass is 1530 g/mol. The molecule has 0 fully saturated rings. The molecule has 25 rings (SSSR count). The molecule has 1 unspecified atom stereocenters. The van der Waals surface area contributed by atoms with E-state index in [1.807, 2.05) is 24.8 Å². The number of fused-ring (bicyclic) bond motifs is 20. The van der Waals surface area contributed by atoms with E-state index in [0.717, 1.165) is 131 Å². The Labute approximate surface area is 689 Å². The summed E-state index contributed by atoms with van der Waals surface area (Å²) in [5.74, 6) is 0. The van der Waals surface area contributed by atoms with E-state index in [-0.39, 0.29) is 10.8 Å². The molecule has 5 aromatic heterocycles. The summed E-state index contributed by atoms with van der Waals surface area (Å²) in [6.07, 6.45) is 8.75. The molecule has 0 spiro atoms. The minimum Gasteiger partial charge on any atom is -0.309 e. The molecule has 15 aromatic carbocycles. The first-order valence-corrected chi connectivity index (χ1v) is 41.4. The summed E-state index contributed by atoms with van der Waals surface area (Å²) in [6.45, 7) is 12.1. The maximum absolute atomic E-state index is 4.74. The van der Waals surface area contributed by atoms with Gasteiger partial charge in [0.05, 0.1) is 108 Å². The summed E-state index contributed by atoms with van der Waals surface area (Å²) < 4.78 is 7.53. The van der Waals surface area contributed by atoms with Crippen LogP contribution in [0.25, 0.3) is 93.6 Å². The van der Waals surface area contributed by atoms with Gasteiger partial charge in [-0.05, 0) is 245 Å². The SMILES string of the molecule is CC1(C)c2ccncc2N2c3cnccc3C(C)(C)c3cc(-n4c5ccccc5c5cc6c(cc54)-c4ccccc4C6(C)Cc4ccc5c(c4)N(c4ccccc4)c4ccccc4N5c4ccc5c(c4)c4cc6c(cc4n5-c4ccccc4)c4cc(N5c7ccccc7N(c7ccccc7)c7ccccc75)ccc4n6-c4ccccc4)cc1c32. The topological polar surface area (TPSA) is 56.8 Å². The Morgan fingerprint density at radius 1 is 0.227 bits per heavy atom. The predicted octanol–water partition coefficient (Wildman–Crippen LogP) is 28.6. The van der Waals surface area contributed by atoms with E-state index in [4.69, 9.17) is 9.97 Å². The maximum Gasteiger partial charge on any atom is 0.0706 e. The summed E-state index contributed by atoms with van der Waals surface area (Å²) in [7, 11) is 0. The molecule has 5 aliphatic rings. The largest absolute Gasteiger partial charge is 0.309 e. The summed E-state index contributed by atoms with van der Waals surface area (Å²) in [6, 6.07) is 130. The van der Waals surface area contributed by atoms with Gasteiger partial charge in [-0.3, -0.25) is 9.97 Å². The first kappa shape index (κ1) is 67.3. The lowest BCUT2D eigenvalue weighted by molar-refractivity contribution is 0.583. The minimum atomic E-state index is -0.422. The van der Waals surface area contributed by atoms with Crippen LogP contribution in [0.15, 0.2) is 371 Å². The molecule has 0 radical (unpaired) electrons. The molecule has 0 N–H and O–H groups in total. The first-order valence-electron chi connectivity index (χ1n) is 41.4. The van der Waals surface area contributed by atoms with E-state index in [1.54, 1.807) is 0 Å². The third kappa shape index (κ3) is 9.42. The number of hydrogen-bond donors (Lipinski definition) is 0. The zero-order chi connectivity index (χ0) is 78.9. The van der Waals surface area contributed by atoms with Crippen molar-refractivity contribution < 1.29 is 0 Å². The van der Waals surface area contributed by atoms with Gasteiger partial charge in [-0.15, -0.1) is 0 Å². The van der Waals surface area contributed by atoms with Crippen molar-refractivity contribution in [2.24, 2.45) is 0 Å². The Bertz CT molecular complexity index is 7580. The van der Waals surface area contributed by atoms with Crippen LogP contribution in [0.2, 0.25) is 0 Å². The van der Waals surface area contributed by atoms with E-state index in [9.17, 15) is 0 Å². The zero-order valence-corrected chi connectivity index (χ0v) is 66.4. The average molecular weight is 1530 g/mol. The third-order valence-electron chi connectivity index (χ3n) is 26.9. The number of nitrogens with zero attached hydrogens (tertiary/aromatic N) is 10. The second kappa shape index (κ2) is 24.8.